The second kappa shape index (κ2) is 6.02. The topological polar surface area (TPSA) is 15.3 Å². The minimum absolute atomic E-state index is 0.355. The van der Waals surface area contributed by atoms with E-state index in [9.17, 15) is 0 Å². The summed E-state index contributed by atoms with van der Waals surface area (Å²) in [5, 5.41) is 3.56. The monoisotopic (exact) mass is 226 g/mol. The maximum atomic E-state index is 3.56. The van der Waals surface area contributed by atoms with Crippen LogP contribution in [0.5, 0.6) is 0 Å². The quantitative estimate of drug-likeness (QED) is 0.672. The highest BCUT2D eigenvalue weighted by Gasteiger charge is 2.38. The van der Waals surface area contributed by atoms with Gasteiger partial charge in [-0.15, -0.1) is 0 Å². The third-order valence-corrected chi connectivity index (χ3v) is 4.53. The van der Waals surface area contributed by atoms with E-state index in [1.165, 1.54) is 38.8 Å². The predicted molar refractivity (Wildman–Crippen MR) is 71.8 cm³/mol. The van der Waals surface area contributed by atoms with Crippen molar-refractivity contribution in [2.45, 2.75) is 65.0 Å². The zero-order valence-electron chi connectivity index (χ0n) is 11.8. The van der Waals surface area contributed by atoms with Crippen LogP contribution >= 0.6 is 0 Å². The summed E-state index contributed by atoms with van der Waals surface area (Å²) < 4.78 is 0. The van der Waals surface area contributed by atoms with Crippen LogP contribution in [-0.2, 0) is 0 Å². The molecule has 0 heterocycles. The van der Waals surface area contributed by atoms with E-state index in [1.54, 1.807) is 0 Å². The lowest BCUT2D eigenvalue weighted by molar-refractivity contribution is 0.00913. The Bertz CT molecular complexity index is 201. The molecule has 0 spiro atoms. The van der Waals surface area contributed by atoms with Gasteiger partial charge in [0, 0.05) is 11.6 Å². The average molecular weight is 226 g/mol. The van der Waals surface area contributed by atoms with Crippen LogP contribution in [0.3, 0.4) is 0 Å². The van der Waals surface area contributed by atoms with E-state index in [-0.39, 0.29) is 0 Å². The van der Waals surface area contributed by atoms with E-state index >= 15 is 0 Å². The summed E-state index contributed by atoms with van der Waals surface area (Å²) in [4.78, 5) is 2.61. The fourth-order valence-electron chi connectivity index (χ4n) is 2.46. The van der Waals surface area contributed by atoms with Crippen LogP contribution in [0.2, 0.25) is 0 Å². The molecular formula is C14H30N2. The largest absolute Gasteiger partial charge is 0.316 e. The van der Waals surface area contributed by atoms with Crippen LogP contribution < -0.4 is 5.32 Å². The van der Waals surface area contributed by atoms with Crippen molar-refractivity contribution in [3.8, 4) is 0 Å². The molecule has 0 aliphatic heterocycles. The molecule has 0 amide bonds. The Balaban J connectivity index is 2.37. The molecule has 1 aliphatic carbocycles. The Morgan fingerprint density at radius 2 is 1.94 bits per heavy atom. The van der Waals surface area contributed by atoms with Crippen molar-refractivity contribution < 1.29 is 0 Å². The first-order valence-electron chi connectivity index (χ1n) is 6.96. The highest BCUT2D eigenvalue weighted by atomic mass is 15.2. The molecule has 1 rings (SSSR count). The molecule has 0 aromatic rings. The lowest BCUT2D eigenvalue weighted by Gasteiger charge is -2.49. The second-order valence-electron chi connectivity index (χ2n) is 5.89. The van der Waals surface area contributed by atoms with Crippen molar-refractivity contribution in [2.75, 3.05) is 20.1 Å². The molecular weight excluding hydrogens is 196 g/mol. The van der Waals surface area contributed by atoms with Gasteiger partial charge in [-0.25, -0.2) is 0 Å². The van der Waals surface area contributed by atoms with Gasteiger partial charge < -0.3 is 5.32 Å². The van der Waals surface area contributed by atoms with Gasteiger partial charge in [0.15, 0.2) is 0 Å². The summed E-state index contributed by atoms with van der Waals surface area (Å²) in [6.07, 6.45) is 5.27. The molecule has 2 atom stereocenters. The third-order valence-electron chi connectivity index (χ3n) is 4.53. The van der Waals surface area contributed by atoms with Crippen molar-refractivity contribution in [3.05, 3.63) is 0 Å². The second-order valence-corrected chi connectivity index (χ2v) is 5.89. The zero-order valence-corrected chi connectivity index (χ0v) is 11.8. The van der Waals surface area contributed by atoms with E-state index in [2.05, 4.69) is 45.0 Å². The van der Waals surface area contributed by atoms with Gasteiger partial charge in [-0.3, -0.25) is 4.90 Å². The maximum absolute atomic E-state index is 3.56. The summed E-state index contributed by atoms with van der Waals surface area (Å²) in [7, 11) is 2.31. The highest BCUT2D eigenvalue weighted by molar-refractivity contribution is 4.94. The molecule has 2 heteroatoms. The van der Waals surface area contributed by atoms with Gasteiger partial charge in [-0.2, -0.15) is 0 Å². The lowest BCUT2D eigenvalue weighted by Crippen LogP contribution is -2.56. The minimum Gasteiger partial charge on any atom is -0.316 e. The van der Waals surface area contributed by atoms with Crippen molar-refractivity contribution in [1.29, 1.82) is 0 Å². The molecule has 2 nitrogen and oxygen atoms in total. The van der Waals surface area contributed by atoms with Gasteiger partial charge in [0.2, 0.25) is 0 Å². The zero-order chi connectivity index (χ0) is 12.2. The molecule has 1 N–H and O–H groups in total. The van der Waals surface area contributed by atoms with Gasteiger partial charge in [0.25, 0.3) is 0 Å². The van der Waals surface area contributed by atoms with Crippen LogP contribution in [0, 0.1) is 5.92 Å². The van der Waals surface area contributed by atoms with Crippen LogP contribution in [-0.4, -0.2) is 36.6 Å². The Kier molecular flexibility index (Phi) is 5.26. The number of nitrogens with zero attached hydrogens (tertiary/aromatic N) is 1. The standard InChI is InChI=1S/C14H30N2/c1-6-10-15-11-12-8-9-13(12)16(5)14(3,4)7-2/h12-13,15H,6-11H2,1-5H3. The fourth-order valence-corrected chi connectivity index (χ4v) is 2.46. The Labute approximate surface area is 102 Å². The van der Waals surface area contributed by atoms with Gasteiger partial charge in [-0.1, -0.05) is 13.8 Å². The van der Waals surface area contributed by atoms with Crippen molar-refractivity contribution in [3.63, 3.8) is 0 Å². The molecule has 16 heavy (non-hydrogen) atoms. The molecule has 1 fully saturated rings. The maximum Gasteiger partial charge on any atom is 0.0150 e. The first-order chi connectivity index (χ1) is 7.53. The van der Waals surface area contributed by atoms with Crippen molar-refractivity contribution in [2.24, 2.45) is 5.92 Å². The Hall–Kier alpha value is -0.0800. The van der Waals surface area contributed by atoms with E-state index in [0.29, 0.717) is 5.54 Å². The average Bonchev–Trinajstić information content (AvgIpc) is 2.22. The molecule has 0 saturated heterocycles. The molecule has 0 aromatic heterocycles. The van der Waals surface area contributed by atoms with E-state index in [1.807, 2.05) is 0 Å². The van der Waals surface area contributed by atoms with Crippen LogP contribution in [0.15, 0.2) is 0 Å². The molecule has 0 bridgehead atoms. The van der Waals surface area contributed by atoms with Gasteiger partial charge in [0.05, 0.1) is 0 Å². The first kappa shape index (κ1) is 14.0. The van der Waals surface area contributed by atoms with Gasteiger partial charge in [-0.05, 0) is 65.6 Å². The number of hydrogen-bond donors (Lipinski definition) is 1. The SMILES string of the molecule is CCCNCC1CCC1N(C)C(C)(C)CC. The number of nitrogens with one attached hydrogen (secondary N) is 1. The van der Waals surface area contributed by atoms with E-state index in [4.69, 9.17) is 0 Å². The summed E-state index contributed by atoms with van der Waals surface area (Å²) in [6.45, 7) is 11.6. The third kappa shape index (κ3) is 3.21. The molecule has 96 valence electrons. The van der Waals surface area contributed by atoms with Crippen molar-refractivity contribution in [1.82, 2.24) is 10.2 Å². The number of hydrogen-bond acceptors (Lipinski definition) is 2. The smallest absolute Gasteiger partial charge is 0.0150 e. The molecule has 2 unspecified atom stereocenters. The molecule has 1 saturated carbocycles. The highest BCUT2D eigenvalue weighted by Crippen LogP contribution is 2.35. The van der Waals surface area contributed by atoms with Crippen LogP contribution in [0.1, 0.15) is 53.4 Å². The fraction of sp³-hybridized carbons (Fsp3) is 1.00. The lowest BCUT2D eigenvalue weighted by atomic mass is 9.76. The Morgan fingerprint density at radius 3 is 2.38 bits per heavy atom. The first-order valence-corrected chi connectivity index (χ1v) is 6.96. The van der Waals surface area contributed by atoms with E-state index < -0.39 is 0 Å². The molecule has 0 radical (unpaired) electrons. The van der Waals surface area contributed by atoms with Crippen LogP contribution in [0.4, 0.5) is 0 Å². The predicted octanol–water partition coefficient (Wildman–Crippen LogP) is 2.89. The van der Waals surface area contributed by atoms with Gasteiger partial charge in [0.1, 0.15) is 0 Å². The van der Waals surface area contributed by atoms with Crippen molar-refractivity contribution >= 4 is 0 Å². The summed E-state index contributed by atoms with van der Waals surface area (Å²) in [5.41, 5.74) is 0.355. The Morgan fingerprint density at radius 1 is 1.25 bits per heavy atom. The molecule has 1 aliphatic rings. The molecule has 0 aromatic carbocycles. The van der Waals surface area contributed by atoms with E-state index in [0.717, 1.165) is 12.0 Å². The summed E-state index contributed by atoms with van der Waals surface area (Å²) >= 11 is 0. The summed E-state index contributed by atoms with van der Waals surface area (Å²) in [6, 6.07) is 0.805. The summed E-state index contributed by atoms with van der Waals surface area (Å²) in [5.74, 6) is 0.877. The number of rotatable bonds is 7. The minimum atomic E-state index is 0.355. The normalized spacial score (nSPS) is 25.9. The van der Waals surface area contributed by atoms with Crippen LogP contribution in [0.25, 0.3) is 0 Å². The van der Waals surface area contributed by atoms with Gasteiger partial charge >= 0.3 is 0 Å².